The van der Waals surface area contributed by atoms with Gasteiger partial charge in [-0.05, 0) is 46.1 Å². The lowest BCUT2D eigenvalue weighted by molar-refractivity contribution is -0.147. The van der Waals surface area contributed by atoms with Crippen molar-refractivity contribution in [3.63, 3.8) is 0 Å². The Bertz CT molecular complexity index is 720. The second-order valence-electron chi connectivity index (χ2n) is 6.29. The van der Waals surface area contributed by atoms with Crippen molar-refractivity contribution in [2.75, 3.05) is 0 Å². The fourth-order valence-corrected chi connectivity index (χ4v) is 3.71. The Labute approximate surface area is 144 Å². The maximum atomic E-state index is 12.4. The first-order valence-electron chi connectivity index (χ1n) is 7.75. The van der Waals surface area contributed by atoms with Gasteiger partial charge in [-0.15, -0.1) is 11.3 Å². The number of carboxylic acids is 1. The van der Waals surface area contributed by atoms with Crippen LogP contribution in [0.4, 0.5) is 0 Å². The van der Waals surface area contributed by atoms with Crippen LogP contribution in [0.15, 0.2) is 16.5 Å². The molecule has 24 heavy (non-hydrogen) atoms. The molecule has 3 N–H and O–H groups in total. The van der Waals surface area contributed by atoms with Gasteiger partial charge in [0.25, 0.3) is 5.91 Å². The van der Waals surface area contributed by atoms with Crippen LogP contribution in [-0.2, 0) is 9.59 Å². The standard InChI is InChI=1S/C17H22N2O4S/c1-8-5-12(13(17(22)23)6-9(8)2)15(20)18-19-16(21)14-7-24-11(4)10(14)3/h7,12-13H,5-6H2,1-4H3,(H,18,20)(H,19,21)(H,22,23)/t12-,13-/m0/s1. The highest BCUT2D eigenvalue weighted by atomic mass is 32.1. The summed E-state index contributed by atoms with van der Waals surface area (Å²) in [5, 5.41) is 11.1. The number of hydrogen-bond acceptors (Lipinski definition) is 4. The van der Waals surface area contributed by atoms with Crippen LogP contribution in [0.5, 0.6) is 0 Å². The number of hydrogen-bond donors (Lipinski definition) is 3. The largest absolute Gasteiger partial charge is 0.481 e. The van der Waals surface area contributed by atoms with E-state index >= 15 is 0 Å². The molecular weight excluding hydrogens is 328 g/mol. The zero-order valence-electron chi connectivity index (χ0n) is 14.2. The number of carbonyl (C=O) groups is 3. The Balaban J connectivity index is 2.04. The Hall–Kier alpha value is -2.15. The minimum absolute atomic E-state index is 0.357. The van der Waals surface area contributed by atoms with Crippen molar-refractivity contribution >= 4 is 29.1 Å². The maximum Gasteiger partial charge on any atom is 0.307 e. The van der Waals surface area contributed by atoms with Crippen molar-refractivity contribution in [2.45, 2.75) is 40.5 Å². The highest BCUT2D eigenvalue weighted by Crippen LogP contribution is 2.34. The fraction of sp³-hybridized carbons (Fsp3) is 0.471. The first kappa shape index (κ1) is 18.2. The van der Waals surface area contributed by atoms with E-state index in [4.69, 9.17) is 0 Å². The molecule has 0 radical (unpaired) electrons. The summed E-state index contributed by atoms with van der Waals surface area (Å²) < 4.78 is 0. The molecule has 0 saturated heterocycles. The Kier molecular flexibility index (Phi) is 5.43. The van der Waals surface area contributed by atoms with Gasteiger partial charge in [-0.1, -0.05) is 11.1 Å². The topological polar surface area (TPSA) is 95.5 Å². The SMILES string of the molecule is CC1=C(C)C[C@H](C(=O)NNC(=O)c2csc(C)c2C)[C@@H](C(=O)O)C1. The lowest BCUT2D eigenvalue weighted by atomic mass is 9.76. The van der Waals surface area contributed by atoms with Gasteiger partial charge >= 0.3 is 5.97 Å². The van der Waals surface area contributed by atoms with Gasteiger partial charge < -0.3 is 5.11 Å². The van der Waals surface area contributed by atoms with Crippen LogP contribution in [0.1, 0.15) is 47.5 Å². The Morgan fingerprint density at radius 3 is 2.12 bits per heavy atom. The van der Waals surface area contributed by atoms with Gasteiger partial charge in [0.2, 0.25) is 5.91 Å². The summed E-state index contributed by atoms with van der Waals surface area (Å²) in [5.41, 5.74) is 8.22. The smallest absolute Gasteiger partial charge is 0.307 e. The number of nitrogens with one attached hydrogen (secondary N) is 2. The van der Waals surface area contributed by atoms with E-state index < -0.39 is 29.6 Å². The summed E-state index contributed by atoms with van der Waals surface area (Å²) in [4.78, 5) is 37.0. The minimum atomic E-state index is -0.988. The number of allylic oxidation sites excluding steroid dienone is 2. The van der Waals surface area contributed by atoms with Gasteiger partial charge in [0.1, 0.15) is 0 Å². The van der Waals surface area contributed by atoms with E-state index in [1.54, 1.807) is 5.38 Å². The van der Waals surface area contributed by atoms with Gasteiger partial charge in [-0.2, -0.15) is 0 Å². The van der Waals surface area contributed by atoms with Crippen molar-refractivity contribution in [2.24, 2.45) is 11.8 Å². The average molecular weight is 350 g/mol. The van der Waals surface area contributed by atoms with Crippen molar-refractivity contribution < 1.29 is 19.5 Å². The molecular formula is C17H22N2O4S. The summed E-state index contributed by atoms with van der Waals surface area (Å²) in [5.74, 6) is -3.30. The van der Waals surface area contributed by atoms with E-state index in [-0.39, 0.29) is 0 Å². The first-order valence-corrected chi connectivity index (χ1v) is 8.63. The zero-order valence-corrected chi connectivity index (χ0v) is 15.0. The number of thiophene rings is 1. The number of aryl methyl sites for hydroxylation is 1. The summed E-state index contributed by atoms with van der Waals surface area (Å²) in [6, 6.07) is 0. The second kappa shape index (κ2) is 7.17. The zero-order chi connectivity index (χ0) is 18.0. The lowest BCUT2D eigenvalue weighted by Crippen LogP contribution is -2.48. The number of rotatable bonds is 3. The lowest BCUT2D eigenvalue weighted by Gasteiger charge is -2.29. The summed E-state index contributed by atoms with van der Waals surface area (Å²) >= 11 is 1.47. The van der Waals surface area contributed by atoms with Crippen molar-refractivity contribution in [1.29, 1.82) is 0 Å². The summed E-state index contributed by atoms with van der Waals surface area (Å²) in [6.45, 7) is 7.57. The van der Waals surface area contributed by atoms with Gasteiger partial charge in [0.05, 0.1) is 17.4 Å². The van der Waals surface area contributed by atoms with E-state index in [0.717, 1.165) is 21.6 Å². The van der Waals surface area contributed by atoms with E-state index in [2.05, 4.69) is 10.9 Å². The number of carboxylic acid groups (broad SMARTS) is 1. The van der Waals surface area contributed by atoms with Crippen molar-refractivity contribution in [3.05, 3.63) is 32.5 Å². The molecule has 7 heteroatoms. The summed E-state index contributed by atoms with van der Waals surface area (Å²) in [6.07, 6.45) is 0.747. The highest BCUT2D eigenvalue weighted by Gasteiger charge is 2.37. The second-order valence-corrected chi connectivity index (χ2v) is 7.38. The number of carbonyl (C=O) groups excluding carboxylic acids is 2. The Morgan fingerprint density at radius 1 is 1.04 bits per heavy atom. The van der Waals surface area contributed by atoms with Crippen LogP contribution in [0.3, 0.4) is 0 Å². The molecule has 0 aliphatic heterocycles. The molecule has 0 aromatic carbocycles. The molecule has 0 bridgehead atoms. The molecule has 1 heterocycles. The number of aliphatic carboxylic acids is 1. The minimum Gasteiger partial charge on any atom is -0.481 e. The van der Waals surface area contributed by atoms with Gasteiger partial charge in [0, 0.05) is 10.3 Å². The molecule has 0 spiro atoms. The molecule has 6 nitrogen and oxygen atoms in total. The van der Waals surface area contributed by atoms with Crippen LogP contribution in [-0.4, -0.2) is 22.9 Å². The van der Waals surface area contributed by atoms with E-state index in [9.17, 15) is 19.5 Å². The third-order valence-corrected chi connectivity index (χ3v) is 5.76. The van der Waals surface area contributed by atoms with Gasteiger partial charge in [0.15, 0.2) is 0 Å². The molecule has 1 aliphatic rings. The molecule has 1 aliphatic carbocycles. The van der Waals surface area contributed by atoms with Crippen LogP contribution in [0.2, 0.25) is 0 Å². The van der Waals surface area contributed by atoms with E-state index in [1.807, 2.05) is 27.7 Å². The predicted octanol–water partition coefficient (Wildman–Crippen LogP) is 2.57. The predicted molar refractivity (Wildman–Crippen MR) is 91.6 cm³/mol. The van der Waals surface area contributed by atoms with E-state index in [0.29, 0.717) is 18.4 Å². The Morgan fingerprint density at radius 2 is 1.62 bits per heavy atom. The number of amides is 2. The first-order chi connectivity index (χ1) is 11.2. The van der Waals surface area contributed by atoms with Crippen LogP contribution >= 0.6 is 11.3 Å². The molecule has 130 valence electrons. The molecule has 1 aromatic rings. The van der Waals surface area contributed by atoms with Crippen LogP contribution in [0, 0.1) is 25.7 Å². The molecule has 0 unspecified atom stereocenters. The molecule has 2 amide bonds. The maximum absolute atomic E-state index is 12.4. The average Bonchev–Trinajstić information content (AvgIpc) is 2.86. The molecule has 0 fully saturated rings. The molecule has 1 aromatic heterocycles. The molecule has 2 atom stereocenters. The number of hydrazine groups is 1. The van der Waals surface area contributed by atoms with Crippen molar-refractivity contribution in [3.8, 4) is 0 Å². The monoisotopic (exact) mass is 350 g/mol. The fourth-order valence-electron chi connectivity index (χ4n) is 2.84. The highest BCUT2D eigenvalue weighted by molar-refractivity contribution is 7.10. The normalized spacial score (nSPS) is 20.7. The summed E-state index contributed by atoms with van der Waals surface area (Å²) in [7, 11) is 0. The molecule has 2 rings (SSSR count). The molecule has 0 saturated carbocycles. The van der Waals surface area contributed by atoms with Gasteiger partial charge in [-0.25, -0.2) is 0 Å². The van der Waals surface area contributed by atoms with Gasteiger partial charge in [-0.3, -0.25) is 25.2 Å². The van der Waals surface area contributed by atoms with Crippen LogP contribution in [0.25, 0.3) is 0 Å². The quantitative estimate of drug-likeness (QED) is 0.577. The third kappa shape index (κ3) is 3.67. The van der Waals surface area contributed by atoms with Crippen molar-refractivity contribution in [1.82, 2.24) is 10.9 Å². The van der Waals surface area contributed by atoms with Crippen LogP contribution < -0.4 is 10.9 Å². The van der Waals surface area contributed by atoms with E-state index in [1.165, 1.54) is 11.3 Å². The third-order valence-electron chi connectivity index (χ3n) is 4.75.